The highest BCUT2D eigenvalue weighted by atomic mass is 32.1. The van der Waals surface area contributed by atoms with Gasteiger partial charge in [0.25, 0.3) is 0 Å². The highest BCUT2D eigenvalue weighted by Crippen LogP contribution is 2.42. The smallest absolute Gasteiger partial charge is 0.0971 e. The second-order valence-corrected chi connectivity index (χ2v) is 11.0. The fourth-order valence-electron chi connectivity index (χ4n) is 5.91. The first-order valence-corrected chi connectivity index (χ1v) is 13.9. The summed E-state index contributed by atoms with van der Waals surface area (Å²) >= 11 is 1.82. The van der Waals surface area contributed by atoms with Gasteiger partial charge in [0, 0.05) is 32.7 Å². The van der Waals surface area contributed by atoms with Crippen LogP contribution in [0.1, 0.15) is 18.4 Å². The summed E-state index contributed by atoms with van der Waals surface area (Å²) in [7, 11) is 0. The summed E-state index contributed by atoms with van der Waals surface area (Å²) in [6.07, 6.45) is 11.2. The van der Waals surface area contributed by atoms with Gasteiger partial charge in [-0.25, -0.2) is 0 Å². The van der Waals surface area contributed by atoms with Crippen LogP contribution in [0.15, 0.2) is 121 Å². The van der Waals surface area contributed by atoms with Crippen molar-refractivity contribution in [2.75, 3.05) is 0 Å². The summed E-state index contributed by atoms with van der Waals surface area (Å²) in [6, 6.07) is 35.2. The molecule has 38 heavy (non-hydrogen) atoms. The van der Waals surface area contributed by atoms with Crippen LogP contribution in [0.4, 0.5) is 0 Å². The number of aromatic nitrogens is 2. The molecule has 0 amide bonds. The number of allylic oxidation sites excluding steroid dienone is 4. The zero-order valence-electron chi connectivity index (χ0n) is 20.8. The molecule has 0 aliphatic heterocycles. The van der Waals surface area contributed by atoms with Gasteiger partial charge in [0.2, 0.25) is 0 Å². The van der Waals surface area contributed by atoms with Crippen molar-refractivity contribution in [2.45, 2.75) is 12.8 Å². The van der Waals surface area contributed by atoms with E-state index in [0.29, 0.717) is 0 Å². The van der Waals surface area contributed by atoms with Gasteiger partial charge >= 0.3 is 0 Å². The van der Waals surface area contributed by atoms with E-state index in [1.165, 1.54) is 58.9 Å². The Kier molecular flexibility index (Phi) is 4.86. The number of hydrogen-bond acceptors (Lipinski definition) is 2. The number of pyridine rings is 1. The number of rotatable bonds is 3. The quantitative estimate of drug-likeness (QED) is 0.234. The molecule has 4 aromatic carbocycles. The number of benzene rings is 4. The van der Waals surface area contributed by atoms with Gasteiger partial charge in [0.1, 0.15) is 0 Å². The standard InChI is InChI=1S/C35H24N2S/c1-3-11-23(12-4-1)25-19-26(24-13-5-2-6-14-24)21-27(20-25)37-30-17-9-7-15-28(30)34-35(37)33-29-16-8-10-18-31(29)38-32(33)22-36-34/h1,3-5,7-22H,2,6H2. The fourth-order valence-corrected chi connectivity index (χ4v) is 6.98. The van der Waals surface area contributed by atoms with Crippen molar-refractivity contribution in [3.8, 4) is 16.8 Å². The number of thiophene rings is 1. The zero-order valence-corrected chi connectivity index (χ0v) is 21.6. The molecule has 0 saturated heterocycles. The van der Waals surface area contributed by atoms with Crippen LogP contribution in [0.25, 0.3) is 64.5 Å². The third-order valence-electron chi connectivity index (χ3n) is 7.63. The lowest BCUT2D eigenvalue weighted by Gasteiger charge is -2.15. The average molecular weight is 505 g/mol. The van der Waals surface area contributed by atoms with Gasteiger partial charge in [0.15, 0.2) is 0 Å². The predicted octanol–water partition coefficient (Wildman–Crippen LogP) is 9.95. The summed E-state index contributed by atoms with van der Waals surface area (Å²) in [4.78, 5) is 5.04. The first-order chi connectivity index (χ1) is 18.8. The zero-order chi connectivity index (χ0) is 25.1. The van der Waals surface area contributed by atoms with Gasteiger partial charge in [-0.3, -0.25) is 4.98 Å². The van der Waals surface area contributed by atoms with E-state index in [0.717, 1.165) is 24.0 Å². The fraction of sp³-hybridized carbons (Fsp3) is 0.0571. The van der Waals surface area contributed by atoms with Crippen LogP contribution in [0.3, 0.4) is 0 Å². The monoisotopic (exact) mass is 504 g/mol. The van der Waals surface area contributed by atoms with Crippen molar-refractivity contribution in [2.24, 2.45) is 0 Å². The molecule has 1 aliphatic carbocycles. The summed E-state index contributed by atoms with van der Waals surface area (Å²) < 4.78 is 4.97. The maximum atomic E-state index is 5.04. The molecule has 1 aliphatic rings. The number of hydrogen-bond donors (Lipinski definition) is 0. The van der Waals surface area contributed by atoms with E-state index in [2.05, 4.69) is 126 Å². The molecule has 3 heterocycles. The molecule has 0 fully saturated rings. The van der Waals surface area contributed by atoms with Gasteiger partial charge in [-0.15, -0.1) is 11.3 Å². The second kappa shape index (κ2) is 8.54. The molecule has 2 nitrogen and oxygen atoms in total. The second-order valence-electron chi connectivity index (χ2n) is 9.92. The van der Waals surface area contributed by atoms with Crippen LogP contribution < -0.4 is 0 Å². The van der Waals surface area contributed by atoms with Gasteiger partial charge in [-0.1, -0.05) is 85.0 Å². The van der Waals surface area contributed by atoms with Gasteiger partial charge in [-0.05, 0) is 65.4 Å². The molecule has 0 unspecified atom stereocenters. The topological polar surface area (TPSA) is 17.8 Å². The average Bonchev–Trinajstić information content (AvgIpc) is 3.53. The maximum absolute atomic E-state index is 5.04. The van der Waals surface area contributed by atoms with E-state index in [-0.39, 0.29) is 0 Å². The molecular weight excluding hydrogens is 480 g/mol. The maximum Gasteiger partial charge on any atom is 0.0971 e. The Morgan fingerprint density at radius 1 is 0.684 bits per heavy atom. The molecule has 0 spiro atoms. The van der Waals surface area contributed by atoms with E-state index in [1.54, 1.807) is 0 Å². The number of fused-ring (bicyclic) bond motifs is 7. The van der Waals surface area contributed by atoms with Crippen molar-refractivity contribution in [1.82, 2.24) is 9.55 Å². The first kappa shape index (κ1) is 21.6. The highest BCUT2D eigenvalue weighted by Gasteiger charge is 2.20. The largest absolute Gasteiger partial charge is 0.307 e. The SMILES string of the molecule is C1=CC(c2cc(-c3ccccc3)cc(-n3c4ccccc4c4ncc5sc6ccccc6c5c43)c2)=CCC1. The Labute approximate surface area is 224 Å². The van der Waals surface area contributed by atoms with Crippen molar-refractivity contribution in [3.05, 3.63) is 127 Å². The molecule has 3 heteroatoms. The molecule has 180 valence electrons. The molecule has 8 rings (SSSR count). The van der Waals surface area contributed by atoms with E-state index in [1.807, 2.05) is 11.3 Å². The minimum absolute atomic E-state index is 1.06. The van der Waals surface area contributed by atoms with Crippen LogP contribution in [0, 0.1) is 0 Å². The first-order valence-electron chi connectivity index (χ1n) is 13.1. The Morgan fingerprint density at radius 3 is 2.34 bits per heavy atom. The Balaban J connectivity index is 1.53. The van der Waals surface area contributed by atoms with E-state index >= 15 is 0 Å². The van der Waals surface area contributed by atoms with Crippen molar-refractivity contribution < 1.29 is 0 Å². The van der Waals surface area contributed by atoms with E-state index in [9.17, 15) is 0 Å². The molecule has 7 aromatic rings. The van der Waals surface area contributed by atoms with E-state index < -0.39 is 0 Å². The van der Waals surface area contributed by atoms with Crippen molar-refractivity contribution in [3.63, 3.8) is 0 Å². The Hall–Kier alpha value is -4.47. The third-order valence-corrected chi connectivity index (χ3v) is 8.74. The van der Waals surface area contributed by atoms with Gasteiger partial charge < -0.3 is 4.57 Å². The molecule has 0 N–H and O–H groups in total. The predicted molar refractivity (Wildman–Crippen MR) is 163 cm³/mol. The van der Waals surface area contributed by atoms with Crippen LogP contribution >= 0.6 is 11.3 Å². The Bertz CT molecular complexity index is 2070. The number of nitrogens with zero attached hydrogens (tertiary/aromatic N) is 2. The minimum atomic E-state index is 1.06. The lowest BCUT2D eigenvalue weighted by molar-refractivity contribution is 1.04. The lowest BCUT2D eigenvalue weighted by Crippen LogP contribution is -1.98. The molecular formula is C35H24N2S. The van der Waals surface area contributed by atoms with Gasteiger partial charge in [0.05, 0.1) is 21.3 Å². The highest BCUT2D eigenvalue weighted by molar-refractivity contribution is 7.26. The summed E-state index contributed by atoms with van der Waals surface area (Å²) in [5, 5.41) is 3.76. The third kappa shape index (κ3) is 3.29. The van der Waals surface area contributed by atoms with Crippen LogP contribution in [0.2, 0.25) is 0 Å². The minimum Gasteiger partial charge on any atom is -0.307 e. The molecule has 0 radical (unpaired) electrons. The summed E-state index contributed by atoms with van der Waals surface area (Å²) in [5.74, 6) is 0. The van der Waals surface area contributed by atoms with Crippen LogP contribution in [-0.2, 0) is 0 Å². The van der Waals surface area contributed by atoms with Crippen LogP contribution in [-0.4, -0.2) is 9.55 Å². The van der Waals surface area contributed by atoms with Crippen LogP contribution in [0.5, 0.6) is 0 Å². The number of para-hydroxylation sites is 1. The van der Waals surface area contributed by atoms with Crippen molar-refractivity contribution >= 4 is 59.0 Å². The molecule has 3 aromatic heterocycles. The molecule has 0 bridgehead atoms. The lowest BCUT2D eigenvalue weighted by atomic mass is 9.95. The molecule has 0 atom stereocenters. The van der Waals surface area contributed by atoms with E-state index in [4.69, 9.17) is 4.98 Å². The summed E-state index contributed by atoms with van der Waals surface area (Å²) in [6.45, 7) is 0. The Morgan fingerprint density at radius 2 is 1.47 bits per heavy atom. The normalized spacial score (nSPS) is 13.6. The summed E-state index contributed by atoms with van der Waals surface area (Å²) in [5.41, 5.74) is 9.57. The molecule has 0 saturated carbocycles. The van der Waals surface area contributed by atoms with Crippen molar-refractivity contribution in [1.29, 1.82) is 0 Å². The van der Waals surface area contributed by atoms with Gasteiger partial charge in [-0.2, -0.15) is 0 Å².